The van der Waals surface area contributed by atoms with Crippen molar-refractivity contribution in [2.24, 2.45) is 5.10 Å². The summed E-state index contributed by atoms with van der Waals surface area (Å²) < 4.78 is 16.3. The molecule has 3 aromatic carbocycles. The highest BCUT2D eigenvalue weighted by Gasteiger charge is 2.33. The molecule has 0 fully saturated rings. The van der Waals surface area contributed by atoms with Crippen LogP contribution < -0.4 is 14.2 Å². The Morgan fingerprint density at radius 2 is 1.58 bits per heavy atom. The minimum absolute atomic E-state index is 0.140. The van der Waals surface area contributed by atoms with Gasteiger partial charge in [0.05, 0.1) is 26.0 Å². The molecule has 1 heterocycles. The molecule has 3 aromatic rings. The maximum absolute atomic E-state index is 13.1. The summed E-state index contributed by atoms with van der Waals surface area (Å²) in [5, 5.41) is 6.20. The van der Waals surface area contributed by atoms with Crippen LogP contribution in [-0.4, -0.2) is 37.5 Å². The molecule has 0 saturated carbocycles. The minimum Gasteiger partial charge on any atom is -0.497 e. The van der Waals surface area contributed by atoms with Crippen molar-refractivity contribution in [2.45, 2.75) is 12.5 Å². The van der Waals surface area contributed by atoms with Crippen LogP contribution in [0.25, 0.3) is 0 Å². The molecule has 0 radical (unpaired) electrons. The number of hydrogen-bond acceptors (Lipinski definition) is 5. The third-order valence-corrected chi connectivity index (χ3v) is 5.19. The predicted octanol–water partition coefficient (Wildman–Crippen LogP) is 4.46. The van der Waals surface area contributed by atoms with Gasteiger partial charge in [0.1, 0.15) is 5.75 Å². The van der Waals surface area contributed by atoms with Crippen LogP contribution in [0.3, 0.4) is 0 Å². The van der Waals surface area contributed by atoms with Gasteiger partial charge in [0.2, 0.25) is 0 Å². The van der Waals surface area contributed by atoms with Gasteiger partial charge in [-0.3, -0.25) is 4.79 Å². The molecule has 0 N–H and O–H groups in total. The lowest BCUT2D eigenvalue weighted by Gasteiger charge is -2.22. The summed E-state index contributed by atoms with van der Waals surface area (Å²) in [5.74, 6) is 1.64. The summed E-state index contributed by atoms with van der Waals surface area (Å²) in [6, 6.07) is 24.7. The summed E-state index contributed by atoms with van der Waals surface area (Å²) in [7, 11) is 3.20. The first-order valence-corrected chi connectivity index (χ1v) is 10.0. The molecule has 0 unspecified atom stereocenters. The van der Waals surface area contributed by atoms with E-state index in [1.165, 1.54) is 5.01 Å². The van der Waals surface area contributed by atoms with E-state index in [9.17, 15) is 4.79 Å². The summed E-state index contributed by atoms with van der Waals surface area (Å²) in [6.45, 7) is -0.140. The first kappa shape index (κ1) is 20.5. The van der Waals surface area contributed by atoms with E-state index in [1.54, 1.807) is 26.4 Å². The molecular formula is C25H24N2O4. The van der Waals surface area contributed by atoms with Crippen molar-refractivity contribution in [3.63, 3.8) is 0 Å². The SMILES string of the molecule is COc1ccc([C@H]2CC(c3ccccc3)=NN2C(=O)COc2ccccc2OC)cc1. The minimum atomic E-state index is -0.224. The first-order valence-electron chi connectivity index (χ1n) is 10.0. The lowest BCUT2D eigenvalue weighted by molar-refractivity contribution is -0.135. The largest absolute Gasteiger partial charge is 0.497 e. The Balaban J connectivity index is 1.58. The standard InChI is InChI=1S/C25H24N2O4/c1-29-20-14-12-19(13-15-20)22-16-21(18-8-4-3-5-9-18)26-27(22)25(28)17-31-24-11-7-6-10-23(24)30-2/h3-15,22H,16-17H2,1-2H3/t22-/m1/s1. The molecule has 0 bridgehead atoms. The topological polar surface area (TPSA) is 60.4 Å². The summed E-state index contributed by atoms with van der Waals surface area (Å²) in [4.78, 5) is 13.1. The van der Waals surface area contributed by atoms with Gasteiger partial charge in [0, 0.05) is 6.42 Å². The zero-order valence-electron chi connectivity index (χ0n) is 17.5. The molecule has 158 valence electrons. The second-order valence-corrected chi connectivity index (χ2v) is 7.08. The van der Waals surface area contributed by atoms with E-state index >= 15 is 0 Å². The number of rotatable bonds is 7. The lowest BCUT2D eigenvalue weighted by Crippen LogP contribution is -2.31. The maximum atomic E-state index is 13.1. The highest BCUT2D eigenvalue weighted by Crippen LogP contribution is 2.34. The number of benzene rings is 3. The Kier molecular flexibility index (Phi) is 6.17. The lowest BCUT2D eigenvalue weighted by atomic mass is 9.98. The van der Waals surface area contributed by atoms with Crippen LogP contribution in [0.15, 0.2) is 84.0 Å². The van der Waals surface area contributed by atoms with Gasteiger partial charge in [0.15, 0.2) is 18.1 Å². The van der Waals surface area contributed by atoms with Crippen molar-refractivity contribution in [3.05, 3.63) is 90.0 Å². The normalized spacial score (nSPS) is 15.4. The molecular weight excluding hydrogens is 392 g/mol. The fourth-order valence-corrected chi connectivity index (χ4v) is 3.57. The Morgan fingerprint density at radius 1 is 0.903 bits per heavy atom. The molecule has 1 aliphatic rings. The molecule has 31 heavy (non-hydrogen) atoms. The Morgan fingerprint density at radius 3 is 2.26 bits per heavy atom. The predicted molar refractivity (Wildman–Crippen MR) is 119 cm³/mol. The molecule has 1 amide bonds. The van der Waals surface area contributed by atoms with E-state index in [4.69, 9.17) is 14.2 Å². The van der Waals surface area contributed by atoms with Crippen molar-refractivity contribution in [3.8, 4) is 17.2 Å². The van der Waals surface area contributed by atoms with Gasteiger partial charge < -0.3 is 14.2 Å². The van der Waals surface area contributed by atoms with Crippen molar-refractivity contribution in [1.82, 2.24) is 5.01 Å². The number of hydrazone groups is 1. The highest BCUT2D eigenvalue weighted by molar-refractivity contribution is 6.03. The smallest absolute Gasteiger partial charge is 0.281 e. The van der Waals surface area contributed by atoms with Crippen molar-refractivity contribution in [1.29, 1.82) is 0 Å². The van der Waals surface area contributed by atoms with E-state index in [-0.39, 0.29) is 18.6 Å². The third-order valence-electron chi connectivity index (χ3n) is 5.19. The van der Waals surface area contributed by atoms with Gasteiger partial charge >= 0.3 is 0 Å². The van der Waals surface area contributed by atoms with E-state index in [2.05, 4.69) is 5.10 Å². The number of methoxy groups -OCH3 is 2. The average Bonchev–Trinajstić information content (AvgIpc) is 3.29. The quantitative estimate of drug-likeness (QED) is 0.571. The van der Waals surface area contributed by atoms with Gasteiger partial charge in [-0.05, 0) is 35.4 Å². The Bertz CT molecular complexity index is 1060. The van der Waals surface area contributed by atoms with Crippen LogP contribution in [0.1, 0.15) is 23.6 Å². The van der Waals surface area contributed by atoms with Gasteiger partial charge in [-0.25, -0.2) is 5.01 Å². The number of ether oxygens (including phenoxy) is 3. The number of hydrogen-bond donors (Lipinski definition) is 0. The molecule has 6 nitrogen and oxygen atoms in total. The zero-order chi connectivity index (χ0) is 21.6. The second-order valence-electron chi connectivity index (χ2n) is 7.08. The monoisotopic (exact) mass is 416 g/mol. The summed E-state index contributed by atoms with van der Waals surface area (Å²) in [6.07, 6.45) is 0.622. The molecule has 6 heteroatoms. The number of para-hydroxylation sites is 2. The zero-order valence-corrected chi connectivity index (χ0v) is 17.5. The maximum Gasteiger partial charge on any atom is 0.281 e. The second kappa shape index (κ2) is 9.34. The number of nitrogens with zero attached hydrogens (tertiary/aromatic N) is 2. The highest BCUT2D eigenvalue weighted by atomic mass is 16.5. The average molecular weight is 416 g/mol. The van der Waals surface area contributed by atoms with E-state index < -0.39 is 0 Å². The molecule has 0 spiro atoms. The van der Waals surface area contributed by atoms with Crippen molar-refractivity contribution in [2.75, 3.05) is 20.8 Å². The van der Waals surface area contributed by atoms with Gasteiger partial charge in [-0.2, -0.15) is 5.10 Å². The molecule has 0 aliphatic carbocycles. The van der Waals surface area contributed by atoms with Crippen LogP contribution >= 0.6 is 0 Å². The molecule has 0 saturated heterocycles. The van der Waals surface area contributed by atoms with E-state index in [0.717, 1.165) is 22.6 Å². The van der Waals surface area contributed by atoms with Crippen LogP contribution in [0.5, 0.6) is 17.2 Å². The molecule has 1 aliphatic heterocycles. The molecule has 0 aromatic heterocycles. The number of amides is 1. The molecule has 4 rings (SSSR count). The van der Waals surface area contributed by atoms with Crippen molar-refractivity contribution < 1.29 is 19.0 Å². The number of carbonyl (C=O) groups excluding carboxylic acids is 1. The Hall–Kier alpha value is -3.80. The van der Waals surface area contributed by atoms with Crippen LogP contribution in [0.4, 0.5) is 0 Å². The van der Waals surface area contributed by atoms with Gasteiger partial charge in [-0.1, -0.05) is 54.6 Å². The fraction of sp³-hybridized carbons (Fsp3) is 0.200. The van der Waals surface area contributed by atoms with E-state index in [1.807, 2.05) is 66.7 Å². The van der Waals surface area contributed by atoms with Crippen LogP contribution in [0.2, 0.25) is 0 Å². The third kappa shape index (κ3) is 4.53. The van der Waals surface area contributed by atoms with E-state index in [0.29, 0.717) is 17.9 Å². The molecule has 1 atom stereocenters. The first-order chi connectivity index (χ1) is 15.2. The van der Waals surface area contributed by atoms with Gasteiger partial charge in [-0.15, -0.1) is 0 Å². The van der Waals surface area contributed by atoms with Crippen LogP contribution in [0, 0.1) is 0 Å². The number of carbonyl (C=O) groups is 1. The van der Waals surface area contributed by atoms with Gasteiger partial charge in [0.25, 0.3) is 5.91 Å². The van der Waals surface area contributed by atoms with Crippen LogP contribution in [-0.2, 0) is 4.79 Å². The summed E-state index contributed by atoms with van der Waals surface area (Å²) >= 11 is 0. The summed E-state index contributed by atoms with van der Waals surface area (Å²) in [5.41, 5.74) is 2.86. The fourth-order valence-electron chi connectivity index (χ4n) is 3.57. The Labute approximate surface area is 181 Å². The van der Waals surface area contributed by atoms with Crippen molar-refractivity contribution >= 4 is 11.6 Å².